The van der Waals surface area contributed by atoms with Gasteiger partial charge in [0.2, 0.25) is 0 Å². The van der Waals surface area contributed by atoms with Gasteiger partial charge in [-0.1, -0.05) is 51.1 Å². The number of hydrogen-bond acceptors (Lipinski definition) is 1. The van der Waals surface area contributed by atoms with Crippen LogP contribution >= 0.6 is 0 Å². The van der Waals surface area contributed by atoms with Crippen LogP contribution in [0, 0.1) is 12.7 Å². The SMILES string of the molecule is Cc1cc(F)cc(C(O)c2ccccc2C(C)(C)C)c1. The highest BCUT2D eigenvalue weighted by Gasteiger charge is 2.22. The van der Waals surface area contributed by atoms with Crippen molar-refractivity contribution in [1.29, 1.82) is 0 Å². The first-order chi connectivity index (χ1) is 9.29. The molecule has 106 valence electrons. The lowest BCUT2D eigenvalue weighted by Gasteiger charge is -2.25. The van der Waals surface area contributed by atoms with E-state index in [4.69, 9.17) is 0 Å². The van der Waals surface area contributed by atoms with E-state index < -0.39 is 6.10 Å². The molecule has 0 radical (unpaired) electrons. The molecule has 0 amide bonds. The van der Waals surface area contributed by atoms with E-state index in [1.165, 1.54) is 12.1 Å². The lowest BCUT2D eigenvalue weighted by molar-refractivity contribution is 0.217. The van der Waals surface area contributed by atoms with Crippen molar-refractivity contribution < 1.29 is 9.50 Å². The largest absolute Gasteiger partial charge is 0.384 e. The van der Waals surface area contributed by atoms with E-state index in [2.05, 4.69) is 20.8 Å². The zero-order valence-electron chi connectivity index (χ0n) is 12.4. The van der Waals surface area contributed by atoms with Crippen LogP contribution in [-0.2, 0) is 5.41 Å². The highest BCUT2D eigenvalue weighted by Crippen LogP contribution is 2.33. The first-order valence-corrected chi connectivity index (χ1v) is 6.83. The van der Waals surface area contributed by atoms with E-state index in [0.717, 1.165) is 16.7 Å². The Kier molecular flexibility index (Phi) is 3.96. The number of benzene rings is 2. The number of halogens is 1. The normalized spacial score (nSPS) is 13.3. The molecule has 2 aromatic rings. The number of aliphatic hydroxyl groups is 1. The van der Waals surface area contributed by atoms with E-state index in [0.29, 0.717) is 5.56 Å². The van der Waals surface area contributed by atoms with Crippen molar-refractivity contribution in [1.82, 2.24) is 0 Å². The number of aliphatic hydroxyl groups excluding tert-OH is 1. The third-order valence-electron chi connectivity index (χ3n) is 3.44. The maximum Gasteiger partial charge on any atom is 0.123 e. The summed E-state index contributed by atoms with van der Waals surface area (Å²) >= 11 is 0. The molecule has 2 aromatic carbocycles. The van der Waals surface area contributed by atoms with Gasteiger partial charge in [0.1, 0.15) is 11.9 Å². The van der Waals surface area contributed by atoms with Crippen molar-refractivity contribution in [3.05, 3.63) is 70.5 Å². The van der Waals surface area contributed by atoms with Gasteiger partial charge in [0.25, 0.3) is 0 Å². The molecule has 0 aliphatic rings. The van der Waals surface area contributed by atoms with Gasteiger partial charge < -0.3 is 5.11 Å². The lowest BCUT2D eigenvalue weighted by atomic mass is 9.81. The van der Waals surface area contributed by atoms with Crippen molar-refractivity contribution in [3.63, 3.8) is 0 Å². The molecule has 0 bridgehead atoms. The van der Waals surface area contributed by atoms with Crippen molar-refractivity contribution in [2.75, 3.05) is 0 Å². The lowest BCUT2D eigenvalue weighted by Crippen LogP contribution is -2.16. The van der Waals surface area contributed by atoms with Gasteiger partial charge in [-0.25, -0.2) is 4.39 Å². The summed E-state index contributed by atoms with van der Waals surface area (Å²) < 4.78 is 13.5. The van der Waals surface area contributed by atoms with Crippen molar-refractivity contribution in [3.8, 4) is 0 Å². The van der Waals surface area contributed by atoms with Gasteiger partial charge >= 0.3 is 0 Å². The first kappa shape index (κ1) is 14.7. The second-order valence-electron chi connectivity index (χ2n) is 6.30. The van der Waals surface area contributed by atoms with Crippen LogP contribution in [0.25, 0.3) is 0 Å². The Morgan fingerprint density at radius 2 is 1.70 bits per heavy atom. The third kappa shape index (κ3) is 3.07. The zero-order valence-corrected chi connectivity index (χ0v) is 12.4. The second-order valence-corrected chi connectivity index (χ2v) is 6.30. The van der Waals surface area contributed by atoms with Crippen molar-refractivity contribution in [2.45, 2.75) is 39.2 Å². The minimum Gasteiger partial charge on any atom is -0.384 e. The monoisotopic (exact) mass is 272 g/mol. The molecule has 1 atom stereocenters. The average molecular weight is 272 g/mol. The maximum atomic E-state index is 13.5. The molecule has 2 heteroatoms. The molecule has 1 N–H and O–H groups in total. The van der Waals surface area contributed by atoms with Gasteiger partial charge in [0, 0.05) is 0 Å². The summed E-state index contributed by atoms with van der Waals surface area (Å²) in [4.78, 5) is 0. The predicted octanol–water partition coefficient (Wildman–Crippen LogP) is 4.51. The molecule has 0 fully saturated rings. The van der Waals surface area contributed by atoms with E-state index in [9.17, 15) is 9.50 Å². The summed E-state index contributed by atoms with van der Waals surface area (Å²) in [5.74, 6) is -0.313. The quantitative estimate of drug-likeness (QED) is 0.852. The highest BCUT2D eigenvalue weighted by atomic mass is 19.1. The van der Waals surface area contributed by atoms with Gasteiger partial charge in [0.05, 0.1) is 0 Å². The van der Waals surface area contributed by atoms with Gasteiger partial charge in [-0.3, -0.25) is 0 Å². The Labute approximate surface area is 120 Å². The zero-order chi connectivity index (χ0) is 14.9. The summed E-state index contributed by atoms with van der Waals surface area (Å²) in [6, 6.07) is 12.5. The standard InChI is InChI=1S/C18H21FO/c1-12-9-13(11-14(19)10-12)17(20)15-7-5-6-8-16(15)18(2,3)4/h5-11,17,20H,1-4H3. The Morgan fingerprint density at radius 1 is 1.05 bits per heavy atom. The molecule has 0 aliphatic heterocycles. The Balaban J connectivity index is 2.51. The van der Waals surface area contributed by atoms with Crippen LogP contribution in [0.1, 0.15) is 49.1 Å². The molecule has 0 heterocycles. The van der Waals surface area contributed by atoms with Crippen LogP contribution in [-0.4, -0.2) is 5.11 Å². The molecule has 1 unspecified atom stereocenters. The fourth-order valence-electron chi connectivity index (χ4n) is 2.52. The molecule has 20 heavy (non-hydrogen) atoms. The minimum absolute atomic E-state index is 0.0695. The number of rotatable bonds is 2. The predicted molar refractivity (Wildman–Crippen MR) is 80.3 cm³/mol. The van der Waals surface area contributed by atoms with Crippen LogP contribution in [0.3, 0.4) is 0 Å². The topological polar surface area (TPSA) is 20.2 Å². The van der Waals surface area contributed by atoms with Crippen molar-refractivity contribution in [2.24, 2.45) is 0 Å². The van der Waals surface area contributed by atoms with Gasteiger partial charge in [-0.05, 0) is 46.7 Å². The van der Waals surface area contributed by atoms with Gasteiger partial charge in [-0.15, -0.1) is 0 Å². The Bertz CT molecular complexity index is 591. The Hall–Kier alpha value is -1.67. The first-order valence-electron chi connectivity index (χ1n) is 6.83. The molecule has 0 saturated carbocycles. The summed E-state index contributed by atoms with van der Waals surface area (Å²) in [7, 11) is 0. The Morgan fingerprint density at radius 3 is 2.30 bits per heavy atom. The molecule has 0 aliphatic carbocycles. The molecular formula is C18H21FO. The van der Waals surface area contributed by atoms with Gasteiger partial charge in [-0.2, -0.15) is 0 Å². The third-order valence-corrected chi connectivity index (χ3v) is 3.44. The van der Waals surface area contributed by atoms with Crippen LogP contribution in [0.15, 0.2) is 42.5 Å². The molecule has 0 aromatic heterocycles. The number of hydrogen-bond donors (Lipinski definition) is 1. The van der Waals surface area contributed by atoms with Crippen LogP contribution in [0.2, 0.25) is 0 Å². The molecule has 0 spiro atoms. The smallest absolute Gasteiger partial charge is 0.123 e. The van der Waals surface area contributed by atoms with Crippen LogP contribution < -0.4 is 0 Å². The highest BCUT2D eigenvalue weighted by molar-refractivity contribution is 5.40. The van der Waals surface area contributed by atoms with E-state index in [-0.39, 0.29) is 11.2 Å². The minimum atomic E-state index is -0.806. The van der Waals surface area contributed by atoms with Gasteiger partial charge in [0.15, 0.2) is 0 Å². The van der Waals surface area contributed by atoms with E-state index in [1.54, 1.807) is 0 Å². The summed E-state index contributed by atoms with van der Waals surface area (Å²) in [6.07, 6.45) is -0.806. The van der Waals surface area contributed by atoms with Crippen molar-refractivity contribution >= 4 is 0 Å². The average Bonchev–Trinajstić information content (AvgIpc) is 2.35. The molecule has 2 rings (SSSR count). The van der Waals surface area contributed by atoms with Crippen LogP contribution in [0.4, 0.5) is 4.39 Å². The van der Waals surface area contributed by atoms with Crippen LogP contribution in [0.5, 0.6) is 0 Å². The molecular weight excluding hydrogens is 251 g/mol. The molecule has 1 nitrogen and oxygen atoms in total. The maximum absolute atomic E-state index is 13.5. The fourth-order valence-corrected chi connectivity index (χ4v) is 2.52. The summed E-state index contributed by atoms with van der Waals surface area (Å²) in [5, 5.41) is 10.6. The fraction of sp³-hybridized carbons (Fsp3) is 0.333. The van der Waals surface area contributed by atoms with E-state index in [1.807, 2.05) is 37.3 Å². The summed E-state index contributed by atoms with van der Waals surface area (Å²) in [5.41, 5.74) is 3.26. The summed E-state index contributed by atoms with van der Waals surface area (Å²) in [6.45, 7) is 8.15. The van der Waals surface area contributed by atoms with E-state index >= 15 is 0 Å². The number of aryl methyl sites for hydroxylation is 1. The molecule has 0 saturated heterocycles. The second kappa shape index (κ2) is 5.37.